The summed E-state index contributed by atoms with van der Waals surface area (Å²) >= 11 is 1.69. The number of aliphatic hydroxyl groups excluding tert-OH is 1. The predicted molar refractivity (Wildman–Crippen MR) is 136 cm³/mol. The molecule has 35 heavy (non-hydrogen) atoms. The molecule has 6 nitrogen and oxygen atoms in total. The fourth-order valence-corrected chi connectivity index (χ4v) is 4.64. The van der Waals surface area contributed by atoms with E-state index in [1.54, 1.807) is 18.9 Å². The largest absolute Gasteiger partial charge is 0.419 e. The minimum atomic E-state index is -4.58. The zero-order chi connectivity index (χ0) is 25.6. The number of aromatic nitrogens is 2. The van der Waals surface area contributed by atoms with E-state index < -0.39 is 11.7 Å². The van der Waals surface area contributed by atoms with Gasteiger partial charge in [0.15, 0.2) is 0 Å². The number of anilines is 1. The number of hydrogen-bond acceptors (Lipinski definition) is 7. The van der Waals surface area contributed by atoms with Gasteiger partial charge in [0.05, 0.1) is 17.9 Å². The molecule has 0 amide bonds. The number of rotatable bonds is 8. The summed E-state index contributed by atoms with van der Waals surface area (Å²) in [7, 11) is 0. The van der Waals surface area contributed by atoms with Crippen LogP contribution in [0, 0.1) is 6.92 Å². The zero-order valence-electron chi connectivity index (χ0n) is 20.5. The Bertz CT molecular complexity index is 1080. The molecule has 1 fully saturated rings. The summed E-state index contributed by atoms with van der Waals surface area (Å²) in [6, 6.07) is 5.69. The van der Waals surface area contributed by atoms with Gasteiger partial charge in [-0.15, -0.1) is 0 Å². The van der Waals surface area contributed by atoms with Gasteiger partial charge < -0.3 is 10.4 Å². The van der Waals surface area contributed by atoms with E-state index in [0.29, 0.717) is 12.0 Å². The fourth-order valence-electron chi connectivity index (χ4n) is 4.06. The number of hydrogen-bond donors (Lipinski definition) is 2. The Hall–Kier alpha value is -2.43. The van der Waals surface area contributed by atoms with Crippen LogP contribution in [0.5, 0.6) is 0 Å². The number of alkyl halides is 3. The summed E-state index contributed by atoms with van der Waals surface area (Å²) in [5.74, 6) is 0.193. The second-order valence-corrected chi connectivity index (χ2v) is 9.41. The first-order chi connectivity index (χ1) is 16.7. The Morgan fingerprint density at radius 1 is 1.31 bits per heavy atom. The van der Waals surface area contributed by atoms with Crippen molar-refractivity contribution in [3.05, 3.63) is 58.5 Å². The lowest BCUT2D eigenvalue weighted by molar-refractivity contribution is -0.138. The summed E-state index contributed by atoms with van der Waals surface area (Å²) in [6.07, 6.45) is 2.08. The molecule has 190 valence electrons. The van der Waals surface area contributed by atoms with E-state index in [-0.39, 0.29) is 24.3 Å². The smallest absolute Gasteiger partial charge is 0.392 e. The van der Waals surface area contributed by atoms with Crippen molar-refractivity contribution >= 4 is 29.2 Å². The van der Waals surface area contributed by atoms with Crippen LogP contribution in [0.4, 0.5) is 19.1 Å². The van der Waals surface area contributed by atoms with Crippen LogP contribution < -0.4 is 5.32 Å². The van der Waals surface area contributed by atoms with E-state index in [9.17, 15) is 18.3 Å². The van der Waals surface area contributed by atoms with Crippen molar-refractivity contribution in [2.75, 3.05) is 24.7 Å². The third-order valence-electron chi connectivity index (χ3n) is 6.05. The summed E-state index contributed by atoms with van der Waals surface area (Å²) in [4.78, 5) is 12.8. The van der Waals surface area contributed by atoms with Gasteiger partial charge in [-0.25, -0.2) is 9.97 Å². The van der Waals surface area contributed by atoms with Crippen molar-refractivity contribution in [1.82, 2.24) is 14.3 Å². The maximum absolute atomic E-state index is 13.7. The predicted octanol–water partition coefficient (Wildman–Crippen LogP) is 5.71. The van der Waals surface area contributed by atoms with Crippen LogP contribution >= 0.6 is 11.9 Å². The molecule has 0 radical (unpaired) electrons. The Morgan fingerprint density at radius 3 is 2.60 bits per heavy atom. The van der Waals surface area contributed by atoms with E-state index in [2.05, 4.69) is 24.6 Å². The van der Waals surface area contributed by atoms with Gasteiger partial charge in [0.1, 0.15) is 0 Å². The van der Waals surface area contributed by atoms with Crippen LogP contribution in [0.2, 0.25) is 0 Å². The van der Waals surface area contributed by atoms with Gasteiger partial charge in [0.25, 0.3) is 0 Å². The molecule has 0 atom stereocenters. The number of aliphatic hydroxyl groups is 1. The molecule has 3 rings (SSSR count). The standard InChI is InChI=1S/C25H32F3N5OS/c1-5-22(20-7-6-18(15-34)12-16(20)2)29-13-17(3)23-21(25(26,27)28)14-30-24(32-23)31-19-8-10-33(35-4)11-9-19/h6-7,12-14,19,34H,5,8-11,15H2,1-4H3,(H,30,31,32)/b17-13+,29-22+. The van der Waals surface area contributed by atoms with Gasteiger partial charge in [-0.3, -0.25) is 9.30 Å². The Balaban J connectivity index is 1.91. The number of aliphatic imine (C=N–C) groups is 1. The number of aryl methyl sites for hydroxylation is 1. The van der Waals surface area contributed by atoms with E-state index in [1.807, 2.05) is 38.3 Å². The highest BCUT2D eigenvalue weighted by Crippen LogP contribution is 2.34. The summed E-state index contributed by atoms with van der Waals surface area (Å²) in [6.45, 7) is 7.19. The lowest BCUT2D eigenvalue weighted by atomic mass is 10.00. The van der Waals surface area contributed by atoms with Gasteiger partial charge in [0, 0.05) is 37.2 Å². The quantitative estimate of drug-likeness (QED) is 0.352. The van der Waals surface area contributed by atoms with Gasteiger partial charge in [-0.05, 0) is 61.6 Å². The molecule has 1 saturated heterocycles. The molecular weight excluding hydrogens is 475 g/mol. The van der Waals surface area contributed by atoms with Gasteiger partial charge in [-0.2, -0.15) is 13.2 Å². The normalized spacial score (nSPS) is 16.6. The third kappa shape index (κ3) is 7.05. The summed E-state index contributed by atoms with van der Waals surface area (Å²) in [5, 5.41) is 12.6. The van der Waals surface area contributed by atoms with Crippen LogP contribution in [0.25, 0.3) is 5.57 Å². The van der Waals surface area contributed by atoms with E-state index >= 15 is 0 Å². The third-order valence-corrected chi connectivity index (χ3v) is 6.93. The van der Waals surface area contributed by atoms with Crippen molar-refractivity contribution < 1.29 is 18.3 Å². The van der Waals surface area contributed by atoms with Crippen LogP contribution in [-0.4, -0.2) is 50.5 Å². The molecule has 0 saturated carbocycles. The van der Waals surface area contributed by atoms with Crippen LogP contribution in [0.15, 0.2) is 35.6 Å². The maximum Gasteiger partial charge on any atom is 0.419 e. The van der Waals surface area contributed by atoms with Gasteiger partial charge in [0.2, 0.25) is 5.95 Å². The Labute approximate surface area is 208 Å². The van der Waals surface area contributed by atoms with Crippen molar-refractivity contribution in [2.24, 2.45) is 4.99 Å². The molecule has 0 aliphatic carbocycles. The Kier molecular flexibility index (Phi) is 9.32. The first-order valence-electron chi connectivity index (χ1n) is 11.6. The highest BCUT2D eigenvalue weighted by atomic mass is 32.2. The lowest BCUT2D eigenvalue weighted by Crippen LogP contribution is -2.35. The number of allylic oxidation sites excluding steroid dienone is 1. The molecule has 2 heterocycles. The zero-order valence-corrected chi connectivity index (χ0v) is 21.3. The molecule has 1 aliphatic heterocycles. The summed E-state index contributed by atoms with van der Waals surface area (Å²) < 4.78 is 43.5. The second kappa shape index (κ2) is 12.0. The van der Waals surface area contributed by atoms with Crippen LogP contribution in [0.3, 0.4) is 0 Å². The monoisotopic (exact) mass is 507 g/mol. The van der Waals surface area contributed by atoms with E-state index in [0.717, 1.165) is 54.5 Å². The number of halogens is 3. The number of nitrogens with zero attached hydrogens (tertiary/aromatic N) is 4. The van der Waals surface area contributed by atoms with E-state index in [1.165, 1.54) is 6.20 Å². The number of piperidine rings is 1. The molecule has 0 unspecified atom stereocenters. The average molecular weight is 508 g/mol. The topological polar surface area (TPSA) is 73.6 Å². The highest BCUT2D eigenvalue weighted by molar-refractivity contribution is 7.96. The van der Waals surface area contributed by atoms with Crippen molar-refractivity contribution in [3.63, 3.8) is 0 Å². The Morgan fingerprint density at radius 2 is 2.03 bits per heavy atom. The van der Waals surface area contributed by atoms with Crippen molar-refractivity contribution in [3.8, 4) is 0 Å². The lowest BCUT2D eigenvalue weighted by Gasteiger charge is -2.30. The average Bonchev–Trinajstić information content (AvgIpc) is 2.84. The van der Waals surface area contributed by atoms with Crippen LogP contribution in [0.1, 0.15) is 61.1 Å². The van der Waals surface area contributed by atoms with Crippen molar-refractivity contribution in [1.29, 1.82) is 0 Å². The first-order valence-corrected chi connectivity index (χ1v) is 12.8. The molecular formula is C25H32F3N5OS. The molecule has 0 spiro atoms. The van der Waals surface area contributed by atoms with Crippen molar-refractivity contribution in [2.45, 2.75) is 58.9 Å². The highest BCUT2D eigenvalue weighted by Gasteiger charge is 2.35. The molecule has 2 N–H and O–H groups in total. The number of benzene rings is 1. The summed E-state index contributed by atoms with van der Waals surface area (Å²) in [5.41, 5.74) is 2.62. The van der Waals surface area contributed by atoms with Gasteiger partial charge >= 0.3 is 6.18 Å². The molecule has 2 aromatic rings. The first kappa shape index (κ1) is 27.2. The SMILES string of the molecule is CC/C(=N\C=C(/C)c1nc(NC2CCN(SC)CC2)ncc1C(F)(F)F)c1ccc(CO)cc1C. The minimum absolute atomic E-state index is 0.0558. The fraction of sp³-hybridized carbons (Fsp3) is 0.480. The van der Waals surface area contributed by atoms with E-state index in [4.69, 9.17) is 0 Å². The number of nitrogens with one attached hydrogen (secondary N) is 1. The molecule has 1 aromatic carbocycles. The van der Waals surface area contributed by atoms with Crippen LogP contribution in [-0.2, 0) is 12.8 Å². The molecule has 1 aliphatic rings. The molecule has 0 bridgehead atoms. The second-order valence-electron chi connectivity index (χ2n) is 8.53. The molecule has 10 heteroatoms. The minimum Gasteiger partial charge on any atom is -0.392 e. The maximum atomic E-state index is 13.7. The molecule has 1 aromatic heterocycles. The van der Waals surface area contributed by atoms with Gasteiger partial charge in [-0.1, -0.05) is 37.1 Å².